The number of rotatable bonds is 7. The van der Waals surface area contributed by atoms with Gasteiger partial charge in [-0.05, 0) is 35.7 Å². The molecule has 0 unspecified atom stereocenters. The molecule has 0 fully saturated rings. The maximum atomic E-state index is 12.2. The highest BCUT2D eigenvalue weighted by Gasteiger charge is 2.13. The molecule has 2 rings (SSSR count). The summed E-state index contributed by atoms with van der Waals surface area (Å²) in [4.78, 5) is 0. The molecule has 0 aliphatic carbocycles. The molecular weight excluding hydrogens is 314 g/mol. The van der Waals surface area contributed by atoms with Crippen LogP contribution in [0.5, 0.6) is 11.5 Å². The van der Waals surface area contributed by atoms with E-state index in [9.17, 15) is 8.42 Å². The fourth-order valence-corrected chi connectivity index (χ4v) is 3.43. The van der Waals surface area contributed by atoms with Crippen LogP contribution in [0.1, 0.15) is 16.7 Å². The molecule has 23 heavy (non-hydrogen) atoms. The Kier molecular flexibility index (Phi) is 5.63. The van der Waals surface area contributed by atoms with Gasteiger partial charge in [0.2, 0.25) is 10.0 Å². The number of ether oxygens (including phenoxy) is 2. The largest absolute Gasteiger partial charge is 0.493 e. The van der Waals surface area contributed by atoms with E-state index in [0.29, 0.717) is 11.5 Å². The Morgan fingerprint density at radius 1 is 1.00 bits per heavy atom. The van der Waals surface area contributed by atoms with E-state index in [0.717, 1.165) is 16.7 Å². The van der Waals surface area contributed by atoms with Crippen LogP contribution in [0.4, 0.5) is 0 Å². The van der Waals surface area contributed by atoms with Crippen LogP contribution < -0.4 is 14.2 Å². The van der Waals surface area contributed by atoms with Gasteiger partial charge >= 0.3 is 0 Å². The van der Waals surface area contributed by atoms with E-state index in [-0.39, 0.29) is 12.3 Å². The second kappa shape index (κ2) is 7.48. The number of aryl methyl sites for hydroxylation is 1. The molecular formula is C17H21NO4S. The molecule has 0 radical (unpaired) electrons. The van der Waals surface area contributed by atoms with Crippen molar-refractivity contribution < 1.29 is 17.9 Å². The third kappa shape index (κ3) is 4.71. The standard InChI is InChI=1S/C17H21NO4S/c1-13-6-4-5-7-15(13)12-23(19,20)18-11-14-8-9-16(21-2)17(10-14)22-3/h4-10,18H,11-12H2,1-3H3. The zero-order chi connectivity index (χ0) is 16.9. The first-order valence-electron chi connectivity index (χ1n) is 7.18. The predicted octanol–water partition coefficient (Wildman–Crippen LogP) is 2.63. The topological polar surface area (TPSA) is 64.6 Å². The van der Waals surface area contributed by atoms with Crippen LogP contribution in [0.2, 0.25) is 0 Å². The van der Waals surface area contributed by atoms with E-state index in [1.807, 2.05) is 31.2 Å². The van der Waals surface area contributed by atoms with Crippen LogP contribution in [-0.2, 0) is 22.3 Å². The van der Waals surface area contributed by atoms with Crippen molar-refractivity contribution >= 4 is 10.0 Å². The molecule has 0 bridgehead atoms. The van der Waals surface area contributed by atoms with Gasteiger partial charge in [0.15, 0.2) is 11.5 Å². The third-order valence-corrected chi connectivity index (χ3v) is 4.83. The maximum absolute atomic E-state index is 12.2. The molecule has 0 amide bonds. The van der Waals surface area contributed by atoms with Gasteiger partial charge in [-0.2, -0.15) is 0 Å². The summed E-state index contributed by atoms with van der Waals surface area (Å²) in [7, 11) is -0.309. The van der Waals surface area contributed by atoms with Gasteiger partial charge in [-0.15, -0.1) is 0 Å². The molecule has 2 aromatic carbocycles. The Hall–Kier alpha value is -2.05. The van der Waals surface area contributed by atoms with Crippen molar-refractivity contribution in [3.63, 3.8) is 0 Å². The van der Waals surface area contributed by atoms with Crippen molar-refractivity contribution in [2.75, 3.05) is 14.2 Å². The Morgan fingerprint density at radius 2 is 1.70 bits per heavy atom. The predicted molar refractivity (Wildman–Crippen MR) is 90.2 cm³/mol. The van der Waals surface area contributed by atoms with Crippen molar-refractivity contribution in [1.82, 2.24) is 4.72 Å². The molecule has 2 aromatic rings. The summed E-state index contributed by atoms with van der Waals surface area (Å²) in [6.45, 7) is 2.10. The zero-order valence-corrected chi connectivity index (χ0v) is 14.3. The fraction of sp³-hybridized carbons (Fsp3) is 0.294. The molecule has 0 heterocycles. The van der Waals surface area contributed by atoms with E-state index < -0.39 is 10.0 Å². The summed E-state index contributed by atoms with van der Waals surface area (Å²) >= 11 is 0. The Morgan fingerprint density at radius 3 is 2.35 bits per heavy atom. The molecule has 0 spiro atoms. The molecule has 0 saturated heterocycles. The first-order valence-corrected chi connectivity index (χ1v) is 8.83. The van der Waals surface area contributed by atoms with Crippen molar-refractivity contribution in [1.29, 1.82) is 0 Å². The average Bonchev–Trinajstić information content (AvgIpc) is 2.54. The zero-order valence-electron chi connectivity index (χ0n) is 13.5. The summed E-state index contributed by atoms with van der Waals surface area (Å²) < 4.78 is 37.5. The summed E-state index contributed by atoms with van der Waals surface area (Å²) in [5, 5.41) is 0. The SMILES string of the molecule is COc1ccc(CNS(=O)(=O)Cc2ccccc2C)cc1OC. The van der Waals surface area contributed by atoms with Crippen LogP contribution in [0.15, 0.2) is 42.5 Å². The number of nitrogens with one attached hydrogen (secondary N) is 1. The number of sulfonamides is 1. The summed E-state index contributed by atoms with van der Waals surface area (Å²) in [5.74, 6) is 1.15. The lowest BCUT2D eigenvalue weighted by molar-refractivity contribution is 0.354. The molecule has 124 valence electrons. The summed E-state index contributed by atoms with van der Waals surface area (Å²) in [6.07, 6.45) is 0. The normalized spacial score (nSPS) is 11.3. The van der Waals surface area contributed by atoms with E-state index >= 15 is 0 Å². The molecule has 5 nitrogen and oxygen atoms in total. The first kappa shape index (κ1) is 17.3. The lowest BCUT2D eigenvalue weighted by atomic mass is 10.1. The Bertz CT molecular complexity index is 772. The molecule has 0 aliphatic heterocycles. The van der Waals surface area contributed by atoms with E-state index in [2.05, 4.69) is 4.72 Å². The highest BCUT2D eigenvalue weighted by molar-refractivity contribution is 7.88. The molecule has 0 atom stereocenters. The summed E-state index contributed by atoms with van der Waals surface area (Å²) in [5.41, 5.74) is 2.56. The van der Waals surface area contributed by atoms with Crippen molar-refractivity contribution in [2.24, 2.45) is 0 Å². The molecule has 0 aromatic heterocycles. The first-order chi connectivity index (χ1) is 10.9. The van der Waals surface area contributed by atoms with E-state index in [1.54, 1.807) is 32.4 Å². The van der Waals surface area contributed by atoms with Gasteiger partial charge in [0.1, 0.15) is 0 Å². The smallest absolute Gasteiger partial charge is 0.216 e. The van der Waals surface area contributed by atoms with Crippen LogP contribution in [0.25, 0.3) is 0 Å². The minimum Gasteiger partial charge on any atom is -0.493 e. The van der Waals surface area contributed by atoms with Gasteiger partial charge in [0, 0.05) is 6.54 Å². The van der Waals surface area contributed by atoms with Gasteiger partial charge < -0.3 is 9.47 Å². The second-order valence-corrected chi connectivity index (χ2v) is 7.00. The number of benzene rings is 2. The number of hydrogen-bond donors (Lipinski definition) is 1. The minimum absolute atomic E-state index is 0.0348. The molecule has 1 N–H and O–H groups in total. The third-order valence-electron chi connectivity index (χ3n) is 3.55. The quantitative estimate of drug-likeness (QED) is 0.845. The maximum Gasteiger partial charge on any atom is 0.216 e. The van der Waals surface area contributed by atoms with Crippen LogP contribution >= 0.6 is 0 Å². The van der Waals surface area contributed by atoms with Crippen LogP contribution in [0.3, 0.4) is 0 Å². The van der Waals surface area contributed by atoms with Crippen molar-refractivity contribution in [3.05, 3.63) is 59.2 Å². The lowest BCUT2D eigenvalue weighted by Gasteiger charge is -2.11. The number of hydrogen-bond acceptors (Lipinski definition) is 4. The van der Waals surface area contributed by atoms with Gasteiger partial charge in [-0.3, -0.25) is 0 Å². The Labute approximate surface area is 137 Å². The average molecular weight is 335 g/mol. The minimum atomic E-state index is -3.41. The van der Waals surface area contributed by atoms with Gasteiger partial charge in [0.25, 0.3) is 0 Å². The van der Waals surface area contributed by atoms with Crippen molar-refractivity contribution in [2.45, 2.75) is 19.2 Å². The molecule has 6 heteroatoms. The second-order valence-electron chi connectivity index (χ2n) is 5.20. The summed E-state index contributed by atoms with van der Waals surface area (Å²) in [6, 6.07) is 12.8. The van der Waals surface area contributed by atoms with E-state index in [4.69, 9.17) is 9.47 Å². The fourth-order valence-electron chi connectivity index (χ4n) is 2.21. The van der Waals surface area contributed by atoms with Crippen LogP contribution in [-0.4, -0.2) is 22.6 Å². The highest BCUT2D eigenvalue weighted by atomic mass is 32.2. The van der Waals surface area contributed by atoms with Gasteiger partial charge in [-0.1, -0.05) is 30.3 Å². The monoisotopic (exact) mass is 335 g/mol. The van der Waals surface area contributed by atoms with Gasteiger partial charge in [-0.25, -0.2) is 13.1 Å². The van der Waals surface area contributed by atoms with E-state index in [1.165, 1.54) is 0 Å². The van der Waals surface area contributed by atoms with Crippen molar-refractivity contribution in [3.8, 4) is 11.5 Å². The highest BCUT2D eigenvalue weighted by Crippen LogP contribution is 2.27. The van der Waals surface area contributed by atoms with Gasteiger partial charge in [0.05, 0.1) is 20.0 Å². The van der Waals surface area contributed by atoms with Crippen LogP contribution in [0, 0.1) is 6.92 Å². The Balaban J connectivity index is 2.06. The number of methoxy groups -OCH3 is 2. The molecule has 0 aliphatic rings. The molecule has 0 saturated carbocycles. The lowest BCUT2D eigenvalue weighted by Crippen LogP contribution is -2.25.